The van der Waals surface area contributed by atoms with Gasteiger partial charge >= 0.3 is 0 Å². The van der Waals surface area contributed by atoms with E-state index in [1.165, 1.54) is 0 Å². The molecule has 23 heavy (non-hydrogen) atoms. The Labute approximate surface area is 136 Å². The molecule has 1 aromatic carbocycles. The van der Waals surface area contributed by atoms with Gasteiger partial charge < -0.3 is 15.4 Å². The van der Waals surface area contributed by atoms with Gasteiger partial charge in [-0.25, -0.2) is 0 Å². The molecule has 1 aliphatic heterocycles. The standard InChI is InChI=1S/C18H22N2O3/c1-23-14-7-3-2-6-13(14)17(22)19-12-18-10-5-4-8-15(18)20-16(21)9-11-18/h2-3,6-8H,4-5,9-12H2,1H3,(H,19,22)(H,20,21). The third-order valence-electron chi connectivity index (χ3n) is 4.82. The minimum atomic E-state index is -0.140. The fourth-order valence-electron chi connectivity index (χ4n) is 3.50. The van der Waals surface area contributed by atoms with Crippen molar-refractivity contribution >= 4 is 11.8 Å². The molecule has 1 aliphatic carbocycles. The smallest absolute Gasteiger partial charge is 0.255 e. The highest BCUT2D eigenvalue weighted by Crippen LogP contribution is 2.42. The number of ether oxygens (including phenoxy) is 1. The molecule has 2 N–H and O–H groups in total. The molecule has 5 heteroatoms. The molecule has 1 unspecified atom stereocenters. The lowest BCUT2D eigenvalue weighted by Crippen LogP contribution is -2.48. The van der Waals surface area contributed by atoms with Crippen LogP contribution in [0.25, 0.3) is 0 Å². The maximum Gasteiger partial charge on any atom is 0.255 e. The van der Waals surface area contributed by atoms with Gasteiger partial charge in [0.25, 0.3) is 5.91 Å². The topological polar surface area (TPSA) is 67.4 Å². The molecule has 0 radical (unpaired) electrons. The lowest BCUT2D eigenvalue weighted by Gasteiger charge is -2.42. The number of carbonyl (C=O) groups excluding carboxylic acids is 2. The van der Waals surface area contributed by atoms with Crippen molar-refractivity contribution in [1.82, 2.24) is 10.6 Å². The summed E-state index contributed by atoms with van der Waals surface area (Å²) in [4.78, 5) is 24.2. The Kier molecular flexibility index (Phi) is 4.37. The van der Waals surface area contributed by atoms with Crippen molar-refractivity contribution in [3.63, 3.8) is 0 Å². The van der Waals surface area contributed by atoms with E-state index in [4.69, 9.17) is 4.74 Å². The van der Waals surface area contributed by atoms with E-state index in [1.807, 2.05) is 12.1 Å². The fourth-order valence-corrected chi connectivity index (χ4v) is 3.50. The molecule has 0 spiro atoms. The van der Waals surface area contributed by atoms with E-state index >= 15 is 0 Å². The van der Waals surface area contributed by atoms with Gasteiger partial charge in [0.05, 0.1) is 12.7 Å². The second kappa shape index (κ2) is 6.44. The molecular formula is C18H22N2O3. The first-order valence-electron chi connectivity index (χ1n) is 8.06. The minimum absolute atomic E-state index is 0.0739. The monoisotopic (exact) mass is 314 g/mol. The van der Waals surface area contributed by atoms with Crippen LogP contribution in [0.5, 0.6) is 5.75 Å². The first-order chi connectivity index (χ1) is 11.1. The van der Waals surface area contributed by atoms with Gasteiger partial charge in [0.1, 0.15) is 5.75 Å². The fraction of sp³-hybridized carbons (Fsp3) is 0.444. The summed E-state index contributed by atoms with van der Waals surface area (Å²) in [5.74, 6) is 0.502. The van der Waals surface area contributed by atoms with Crippen LogP contribution in [0.1, 0.15) is 42.5 Å². The number of piperidine rings is 1. The molecule has 122 valence electrons. The van der Waals surface area contributed by atoms with Gasteiger partial charge in [-0.1, -0.05) is 18.2 Å². The summed E-state index contributed by atoms with van der Waals surface area (Å²) in [7, 11) is 1.56. The molecule has 0 aromatic heterocycles. The van der Waals surface area contributed by atoms with Crippen LogP contribution in [0, 0.1) is 5.41 Å². The van der Waals surface area contributed by atoms with Crippen molar-refractivity contribution in [3.8, 4) is 5.75 Å². The number of fused-ring (bicyclic) bond motifs is 1. The number of methoxy groups -OCH3 is 1. The van der Waals surface area contributed by atoms with Gasteiger partial charge in [-0.2, -0.15) is 0 Å². The number of nitrogens with one attached hydrogen (secondary N) is 2. The van der Waals surface area contributed by atoms with Gasteiger partial charge in [0.2, 0.25) is 5.91 Å². The van der Waals surface area contributed by atoms with E-state index in [9.17, 15) is 9.59 Å². The molecule has 1 fully saturated rings. The predicted molar refractivity (Wildman–Crippen MR) is 87.1 cm³/mol. The van der Waals surface area contributed by atoms with Gasteiger partial charge in [0, 0.05) is 24.1 Å². The number of benzene rings is 1. The van der Waals surface area contributed by atoms with Crippen molar-refractivity contribution in [2.45, 2.75) is 32.1 Å². The molecule has 0 saturated carbocycles. The third-order valence-corrected chi connectivity index (χ3v) is 4.82. The Balaban J connectivity index is 1.74. The van der Waals surface area contributed by atoms with Gasteiger partial charge in [-0.05, 0) is 37.8 Å². The van der Waals surface area contributed by atoms with Crippen LogP contribution >= 0.6 is 0 Å². The Morgan fingerprint density at radius 3 is 3.00 bits per heavy atom. The van der Waals surface area contributed by atoms with Gasteiger partial charge in [-0.3, -0.25) is 9.59 Å². The zero-order valence-electron chi connectivity index (χ0n) is 13.4. The summed E-state index contributed by atoms with van der Waals surface area (Å²) in [6.45, 7) is 0.538. The highest BCUT2D eigenvalue weighted by Gasteiger charge is 2.40. The summed E-state index contributed by atoms with van der Waals surface area (Å²) < 4.78 is 5.25. The summed E-state index contributed by atoms with van der Waals surface area (Å²) in [5, 5.41) is 6.03. The van der Waals surface area contributed by atoms with Crippen LogP contribution in [-0.4, -0.2) is 25.5 Å². The van der Waals surface area contributed by atoms with Crippen molar-refractivity contribution in [2.24, 2.45) is 5.41 Å². The zero-order valence-corrected chi connectivity index (χ0v) is 13.4. The summed E-state index contributed by atoms with van der Waals surface area (Å²) in [6, 6.07) is 7.20. The number of hydrogen-bond acceptors (Lipinski definition) is 3. The maximum absolute atomic E-state index is 12.5. The zero-order chi connectivity index (χ0) is 16.3. The molecule has 1 atom stereocenters. The van der Waals surface area contributed by atoms with Crippen molar-refractivity contribution in [3.05, 3.63) is 41.6 Å². The van der Waals surface area contributed by atoms with Gasteiger partial charge in [-0.15, -0.1) is 0 Å². The molecule has 5 nitrogen and oxygen atoms in total. The summed E-state index contributed by atoms with van der Waals surface area (Å²) in [6.07, 6.45) is 6.47. The Bertz CT molecular complexity index is 653. The van der Waals surface area contributed by atoms with Gasteiger partial charge in [0.15, 0.2) is 0 Å². The minimum Gasteiger partial charge on any atom is -0.496 e. The first kappa shape index (κ1) is 15.6. The first-order valence-corrected chi connectivity index (χ1v) is 8.06. The van der Waals surface area contributed by atoms with Crippen molar-refractivity contribution in [2.75, 3.05) is 13.7 Å². The van der Waals surface area contributed by atoms with Crippen LogP contribution in [-0.2, 0) is 4.79 Å². The van der Waals surface area contributed by atoms with Crippen molar-refractivity contribution < 1.29 is 14.3 Å². The van der Waals surface area contributed by atoms with Crippen LogP contribution in [0.3, 0.4) is 0 Å². The average molecular weight is 314 g/mol. The summed E-state index contributed by atoms with van der Waals surface area (Å²) in [5.41, 5.74) is 1.39. The quantitative estimate of drug-likeness (QED) is 0.896. The SMILES string of the molecule is COc1ccccc1C(=O)NCC12CCCC=C1NC(=O)CC2. The van der Waals surface area contributed by atoms with E-state index in [2.05, 4.69) is 16.7 Å². The largest absolute Gasteiger partial charge is 0.496 e. The molecule has 0 bridgehead atoms. The molecule has 2 amide bonds. The Morgan fingerprint density at radius 2 is 2.17 bits per heavy atom. The third kappa shape index (κ3) is 3.09. The molecule has 1 aromatic rings. The van der Waals surface area contributed by atoms with E-state index in [1.54, 1.807) is 19.2 Å². The predicted octanol–water partition coefficient (Wildman–Crippen LogP) is 2.39. The highest BCUT2D eigenvalue weighted by atomic mass is 16.5. The second-order valence-corrected chi connectivity index (χ2v) is 6.22. The van der Waals surface area contributed by atoms with Crippen LogP contribution in [0.2, 0.25) is 0 Å². The van der Waals surface area contributed by atoms with E-state index < -0.39 is 0 Å². The van der Waals surface area contributed by atoms with E-state index in [0.29, 0.717) is 24.3 Å². The lowest BCUT2D eigenvalue weighted by atomic mass is 9.70. The van der Waals surface area contributed by atoms with Crippen LogP contribution in [0.15, 0.2) is 36.0 Å². The number of rotatable bonds is 4. The van der Waals surface area contributed by atoms with Crippen molar-refractivity contribution in [1.29, 1.82) is 0 Å². The lowest BCUT2D eigenvalue weighted by molar-refractivity contribution is -0.122. The molecular weight excluding hydrogens is 292 g/mol. The number of allylic oxidation sites excluding steroid dienone is 1. The second-order valence-electron chi connectivity index (χ2n) is 6.22. The molecule has 2 aliphatic rings. The van der Waals surface area contributed by atoms with Crippen LogP contribution in [0.4, 0.5) is 0 Å². The van der Waals surface area contributed by atoms with Crippen LogP contribution < -0.4 is 15.4 Å². The van der Waals surface area contributed by atoms with E-state index in [0.717, 1.165) is 31.4 Å². The maximum atomic E-state index is 12.5. The number of amides is 2. The molecule has 1 saturated heterocycles. The highest BCUT2D eigenvalue weighted by molar-refractivity contribution is 5.97. The van der Waals surface area contributed by atoms with E-state index in [-0.39, 0.29) is 17.2 Å². The summed E-state index contributed by atoms with van der Waals surface area (Å²) >= 11 is 0. The number of hydrogen-bond donors (Lipinski definition) is 2. The Hall–Kier alpha value is -2.30. The normalized spacial score (nSPS) is 23.3. The molecule has 1 heterocycles. The Morgan fingerprint density at radius 1 is 1.35 bits per heavy atom. The number of para-hydroxylation sites is 1. The molecule has 3 rings (SSSR count). The average Bonchev–Trinajstić information content (AvgIpc) is 2.60. The number of carbonyl (C=O) groups is 2.